The molecule has 0 aliphatic rings. The van der Waals surface area contributed by atoms with Crippen molar-refractivity contribution in [2.24, 2.45) is 0 Å². The second-order valence-corrected chi connectivity index (χ2v) is 9.05. The number of halogens is 1. The summed E-state index contributed by atoms with van der Waals surface area (Å²) in [6, 6.07) is 10.9. The van der Waals surface area contributed by atoms with E-state index in [2.05, 4.69) is 45.3 Å². The number of pyridine rings is 2. The van der Waals surface area contributed by atoms with Gasteiger partial charge in [0.05, 0.1) is 23.3 Å². The zero-order valence-electron chi connectivity index (χ0n) is 20.3. The minimum absolute atomic E-state index is 0.298. The van der Waals surface area contributed by atoms with Crippen molar-refractivity contribution in [3.05, 3.63) is 73.2 Å². The molecule has 5 aromatic heterocycles. The summed E-state index contributed by atoms with van der Waals surface area (Å²) < 4.78 is 14.6. The minimum atomic E-state index is -0.298. The molecular formula is C27H24FN9. The van der Waals surface area contributed by atoms with Gasteiger partial charge in [0.25, 0.3) is 0 Å². The molecule has 0 atom stereocenters. The molecule has 0 spiro atoms. The molecule has 0 aliphatic carbocycles. The number of rotatable bonds is 7. The van der Waals surface area contributed by atoms with E-state index in [4.69, 9.17) is 0 Å². The molecule has 0 fully saturated rings. The number of hydrogen-bond acceptors (Lipinski definition) is 7. The van der Waals surface area contributed by atoms with Crippen molar-refractivity contribution < 1.29 is 4.39 Å². The number of benzene rings is 1. The summed E-state index contributed by atoms with van der Waals surface area (Å²) in [5.74, 6) is -0.298. The lowest BCUT2D eigenvalue weighted by Gasteiger charge is -2.13. The Morgan fingerprint density at radius 3 is 2.68 bits per heavy atom. The molecule has 1 aromatic carbocycles. The van der Waals surface area contributed by atoms with E-state index < -0.39 is 0 Å². The van der Waals surface area contributed by atoms with Gasteiger partial charge in [-0.3, -0.25) is 15.1 Å². The van der Waals surface area contributed by atoms with Gasteiger partial charge in [-0.1, -0.05) is 0 Å². The van der Waals surface area contributed by atoms with E-state index in [0.717, 1.165) is 56.8 Å². The molecule has 3 N–H and O–H groups in total. The first-order chi connectivity index (χ1) is 18.0. The van der Waals surface area contributed by atoms with Crippen LogP contribution in [0.5, 0.6) is 0 Å². The highest BCUT2D eigenvalue weighted by Gasteiger charge is 2.16. The third-order valence-electron chi connectivity index (χ3n) is 6.17. The number of H-pyrrole nitrogens is 2. The lowest BCUT2D eigenvalue weighted by molar-refractivity contribution is 0.425. The SMILES string of the molecule is CN(C)CCNc1cc(F)cc(-c2ccnc3[nH]c(-c4[nH]nc5ncc(-c6cnccn6)cc45)cc23)c1. The quantitative estimate of drug-likeness (QED) is 0.295. The van der Waals surface area contributed by atoms with Gasteiger partial charge in [-0.05, 0) is 61.6 Å². The summed E-state index contributed by atoms with van der Waals surface area (Å²) in [6.07, 6.45) is 8.44. The second-order valence-electron chi connectivity index (χ2n) is 9.05. The highest BCUT2D eigenvalue weighted by atomic mass is 19.1. The van der Waals surface area contributed by atoms with Crippen molar-refractivity contribution >= 4 is 27.8 Å². The van der Waals surface area contributed by atoms with Crippen LogP contribution in [0.15, 0.2) is 67.4 Å². The second kappa shape index (κ2) is 9.40. The summed E-state index contributed by atoms with van der Waals surface area (Å²) in [5.41, 5.74) is 6.82. The van der Waals surface area contributed by atoms with Crippen molar-refractivity contribution in [3.63, 3.8) is 0 Å². The van der Waals surface area contributed by atoms with E-state index in [-0.39, 0.29) is 5.82 Å². The topological polar surface area (TPSA) is 111 Å². The van der Waals surface area contributed by atoms with Crippen molar-refractivity contribution in [1.82, 2.24) is 40.0 Å². The van der Waals surface area contributed by atoms with Crippen LogP contribution in [0.25, 0.3) is 55.8 Å². The Morgan fingerprint density at radius 1 is 0.919 bits per heavy atom. The van der Waals surface area contributed by atoms with Gasteiger partial charge in [0.1, 0.15) is 11.5 Å². The fraction of sp³-hybridized carbons (Fsp3) is 0.148. The summed E-state index contributed by atoms with van der Waals surface area (Å²) >= 11 is 0. The molecule has 6 aromatic rings. The third-order valence-corrected chi connectivity index (χ3v) is 6.17. The van der Waals surface area contributed by atoms with Crippen molar-refractivity contribution in [2.45, 2.75) is 0 Å². The van der Waals surface area contributed by atoms with E-state index in [9.17, 15) is 4.39 Å². The standard InChI is InChI=1S/C27H24FN9/c1-37(2)8-7-30-19-10-16(9-18(28)12-19)20-3-4-32-26-21(20)13-23(34-26)25-22-11-17(14-33-27(22)36-35-25)24-15-29-5-6-31-24/h3-6,9-15,30H,7-8H2,1-2H3,(H,32,34)(H,33,35,36). The van der Waals surface area contributed by atoms with Gasteiger partial charge in [-0.2, -0.15) is 5.10 Å². The molecule has 0 radical (unpaired) electrons. The number of anilines is 1. The maximum Gasteiger partial charge on any atom is 0.181 e. The first kappa shape index (κ1) is 22.7. The smallest absolute Gasteiger partial charge is 0.181 e. The Balaban J connectivity index is 1.41. The molecule has 10 heteroatoms. The van der Waals surface area contributed by atoms with Crippen molar-refractivity contribution in [1.29, 1.82) is 0 Å². The molecular weight excluding hydrogens is 469 g/mol. The molecule has 0 amide bonds. The largest absolute Gasteiger partial charge is 0.384 e. The van der Waals surface area contributed by atoms with Crippen LogP contribution < -0.4 is 5.32 Å². The van der Waals surface area contributed by atoms with Crippen LogP contribution in [0.3, 0.4) is 0 Å². The molecule has 0 unspecified atom stereocenters. The number of nitrogens with one attached hydrogen (secondary N) is 3. The van der Waals surface area contributed by atoms with E-state index in [0.29, 0.717) is 17.8 Å². The lowest BCUT2D eigenvalue weighted by atomic mass is 10.0. The molecule has 5 heterocycles. The summed E-state index contributed by atoms with van der Waals surface area (Å²) in [4.78, 5) is 23.0. The van der Waals surface area contributed by atoms with Gasteiger partial charge in [0.15, 0.2) is 5.65 Å². The Labute approximate surface area is 211 Å². The van der Waals surface area contributed by atoms with Gasteiger partial charge >= 0.3 is 0 Å². The summed E-state index contributed by atoms with van der Waals surface area (Å²) in [6.45, 7) is 1.56. The number of fused-ring (bicyclic) bond motifs is 2. The Kier molecular flexibility index (Phi) is 5.78. The molecule has 6 rings (SSSR count). The zero-order valence-corrected chi connectivity index (χ0v) is 20.3. The molecule has 37 heavy (non-hydrogen) atoms. The van der Waals surface area contributed by atoms with E-state index in [1.807, 2.05) is 38.4 Å². The van der Waals surface area contributed by atoms with Gasteiger partial charge in [0, 0.05) is 59.9 Å². The Bertz CT molecular complexity index is 1710. The third kappa shape index (κ3) is 4.50. The highest BCUT2D eigenvalue weighted by Crippen LogP contribution is 2.34. The maximum absolute atomic E-state index is 14.6. The molecule has 184 valence electrons. The van der Waals surface area contributed by atoms with E-state index in [1.165, 1.54) is 6.07 Å². The lowest BCUT2D eigenvalue weighted by Crippen LogP contribution is -2.20. The Morgan fingerprint density at radius 2 is 1.84 bits per heavy atom. The van der Waals surface area contributed by atoms with Crippen LogP contribution in [-0.4, -0.2) is 67.2 Å². The van der Waals surface area contributed by atoms with Crippen LogP contribution in [0.4, 0.5) is 10.1 Å². The number of aromatic nitrogens is 7. The predicted molar refractivity (Wildman–Crippen MR) is 142 cm³/mol. The van der Waals surface area contributed by atoms with Crippen LogP contribution in [0.2, 0.25) is 0 Å². The van der Waals surface area contributed by atoms with Gasteiger partial charge < -0.3 is 15.2 Å². The van der Waals surface area contributed by atoms with Crippen molar-refractivity contribution in [2.75, 3.05) is 32.5 Å². The number of likely N-dealkylation sites (N-methyl/N-ethyl adjacent to an activating group) is 1. The maximum atomic E-state index is 14.6. The number of nitrogens with zero attached hydrogens (tertiary/aromatic N) is 6. The first-order valence-electron chi connectivity index (χ1n) is 11.8. The summed E-state index contributed by atoms with van der Waals surface area (Å²) in [5, 5.41) is 12.5. The van der Waals surface area contributed by atoms with Crippen molar-refractivity contribution in [3.8, 4) is 33.8 Å². The van der Waals surface area contributed by atoms with Gasteiger partial charge in [0.2, 0.25) is 0 Å². The fourth-order valence-corrected chi connectivity index (χ4v) is 4.38. The number of hydrogen-bond donors (Lipinski definition) is 3. The fourth-order valence-electron chi connectivity index (χ4n) is 4.38. The summed E-state index contributed by atoms with van der Waals surface area (Å²) in [7, 11) is 4.01. The Hall–Kier alpha value is -4.70. The van der Waals surface area contributed by atoms with Crippen LogP contribution >= 0.6 is 0 Å². The van der Waals surface area contributed by atoms with Crippen LogP contribution in [0.1, 0.15) is 0 Å². The molecule has 0 saturated heterocycles. The molecule has 9 nitrogen and oxygen atoms in total. The van der Waals surface area contributed by atoms with E-state index >= 15 is 0 Å². The van der Waals surface area contributed by atoms with E-state index in [1.54, 1.807) is 37.1 Å². The highest BCUT2D eigenvalue weighted by molar-refractivity contribution is 6.00. The number of aromatic amines is 2. The zero-order chi connectivity index (χ0) is 25.4. The average molecular weight is 494 g/mol. The first-order valence-corrected chi connectivity index (χ1v) is 11.8. The molecule has 0 aliphatic heterocycles. The molecule has 0 bridgehead atoms. The van der Waals surface area contributed by atoms with Gasteiger partial charge in [-0.25, -0.2) is 14.4 Å². The minimum Gasteiger partial charge on any atom is -0.384 e. The molecule has 0 saturated carbocycles. The average Bonchev–Trinajstić information content (AvgIpc) is 3.52. The predicted octanol–water partition coefficient (Wildman–Crippen LogP) is 4.74. The normalized spacial score (nSPS) is 11.6. The van der Waals surface area contributed by atoms with Crippen LogP contribution in [-0.2, 0) is 0 Å². The monoisotopic (exact) mass is 493 g/mol. The van der Waals surface area contributed by atoms with Crippen LogP contribution in [0, 0.1) is 5.82 Å². The van der Waals surface area contributed by atoms with Gasteiger partial charge in [-0.15, -0.1) is 0 Å².